The Balaban J connectivity index is 1.88. The molecule has 8 heteroatoms. The van der Waals surface area contributed by atoms with Gasteiger partial charge in [-0.2, -0.15) is 0 Å². The molecule has 0 aliphatic carbocycles. The summed E-state index contributed by atoms with van der Waals surface area (Å²) in [7, 11) is 0. The van der Waals surface area contributed by atoms with Gasteiger partial charge in [0, 0.05) is 35.2 Å². The third kappa shape index (κ3) is 4.06. The molecule has 27 heavy (non-hydrogen) atoms. The number of halogens is 1. The first-order valence-corrected chi connectivity index (χ1v) is 8.76. The molecule has 0 bridgehead atoms. The van der Waals surface area contributed by atoms with Gasteiger partial charge in [0.15, 0.2) is 5.13 Å². The highest BCUT2D eigenvalue weighted by molar-refractivity contribution is 7.14. The zero-order valence-electron chi connectivity index (χ0n) is 14.0. The highest BCUT2D eigenvalue weighted by Crippen LogP contribution is 2.29. The number of amides is 1. The predicted molar refractivity (Wildman–Crippen MR) is 102 cm³/mol. The van der Waals surface area contributed by atoms with Crippen LogP contribution >= 0.6 is 11.3 Å². The van der Waals surface area contributed by atoms with Crippen molar-refractivity contribution in [3.63, 3.8) is 0 Å². The summed E-state index contributed by atoms with van der Waals surface area (Å²) in [5.74, 6) is -0.740. The van der Waals surface area contributed by atoms with Crippen LogP contribution in [0.5, 0.6) is 0 Å². The van der Waals surface area contributed by atoms with Crippen LogP contribution in [-0.2, 0) is 0 Å². The number of nitrogens with zero attached hydrogens (tertiary/aromatic N) is 3. The zero-order chi connectivity index (χ0) is 19.4. The van der Waals surface area contributed by atoms with E-state index in [2.05, 4.69) is 11.6 Å². The van der Waals surface area contributed by atoms with Crippen LogP contribution in [-0.4, -0.2) is 22.4 Å². The Morgan fingerprint density at radius 2 is 1.89 bits per heavy atom. The molecule has 1 heterocycles. The van der Waals surface area contributed by atoms with E-state index in [9.17, 15) is 19.3 Å². The van der Waals surface area contributed by atoms with Gasteiger partial charge in [0.05, 0.1) is 10.6 Å². The van der Waals surface area contributed by atoms with Crippen molar-refractivity contribution < 1.29 is 14.1 Å². The second-order valence-corrected chi connectivity index (χ2v) is 6.37. The lowest BCUT2D eigenvalue weighted by atomic mass is 10.1. The van der Waals surface area contributed by atoms with E-state index in [0.29, 0.717) is 22.0 Å². The number of benzene rings is 2. The Hall–Kier alpha value is -3.39. The lowest BCUT2D eigenvalue weighted by Crippen LogP contribution is -2.30. The van der Waals surface area contributed by atoms with E-state index in [-0.39, 0.29) is 18.1 Å². The summed E-state index contributed by atoms with van der Waals surface area (Å²) in [5.41, 5.74) is 1.64. The smallest absolute Gasteiger partial charge is 0.269 e. The van der Waals surface area contributed by atoms with Gasteiger partial charge in [-0.25, -0.2) is 9.37 Å². The van der Waals surface area contributed by atoms with Gasteiger partial charge in [-0.1, -0.05) is 6.08 Å². The van der Waals surface area contributed by atoms with Crippen molar-refractivity contribution in [1.29, 1.82) is 0 Å². The quantitative estimate of drug-likeness (QED) is 0.351. The van der Waals surface area contributed by atoms with Gasteiger partial charge in [-0.15, -0.1) is 17.9 Å². The van der Waals surface area contributed by atoms with Gasteiger partial charge < -0.3 is 0 Å². The fourth-order valence-electron chi connectivity index (χ4n) is 2.40. The van der Waals surface area contributed by atoms with Gasteiger partial charge in [0.25, 0.3) is 11.6 Å². The average Bonchev–Trinajstić information content (AvgIpc) is 3.16. The second-order valence-electron chi connectivity index (χ2n) is 5.53. The van der Waals surface area contributed by atoms with E-state index in [0.717, 1.165) is 0 Å². The summed E-state index contributed by atoms with van der Waals surface area (Å²) in [4.78, 5) is 29.0. The topological polar surface area (TPSA) is 76.3 Å². The summed E-state index contributed by atoms with van der Waals surface area (Å²) >= 11 is 1.27. The SMILES string of the molecule is C=CCN(C(=O)c1ccc(F)cc1)c1nc(-c2ccc([N+](=O)[O-])cc2)cs1. The fraction of sp³-hybridized carbons (Fsp3) is 0.0526. The summed E-state index contributed by atoms with van der Waals surface area (Å²) in [6, 6.07) is 11.3. The van der Waals surface area contributed by atoms with Gasteiger partial charge in [0.2, 0.25) is 0 Å². The van der Waals surface area contributed by atoms with E-state index in [1.807, 2.05) is 0 Å². The van der Waals surface area contributed by atoms with Gasteiger partial charge in [-0.3, -0.25) is 19.8 Å². The van der Waals surface area contributed by atoms with Crippen LogP contribution in [0.25, 0.3) is 11.3 Å². The number of non-ortho nitro benzene ring substituents is 1. The molecule has 3 aromatic rings. The average molecular weight is 383 g/mol. The summed E-state index contributed by atoms with van der Waals surface area (Å²) in [5, 5.41) is 13.0. The van der Waals surface area contributed by atoms with Gasteiger partial charge in [-0.05, 0) is 36.4 Å². The standard InChI is InChI=1S/C19H14FN3O3S/c1-2-11-22(18(24)14-3-7-15(20)8-4-14)19-21-17(12-27-19)13-5-9-16(10-6-13)23(25)26/h2-10,12H,1,11H2. The molecule has 0 saturated carbocycles. The van der Waals surface area contributed by atoms with Crippen LogP contribution in [0.4, 0.5) is 15.2 Å². The summed E-state index contributed by atoms with van der Waals surface area (Å²) in [6.45, 7) is 3.91. The molecule has 0 aliphatic heterocycles. The summed E-state index contributed by atoms with van der Waals surface area (Å²) in [6.07, 6.45) is 1.58. The maximum Gasteiger partial charge on any atom is 0.269 e. The molecule has 3 rings (SSSR count). The molecule has 0 saturated heterocycles. The molecule has 0 radical (unpaired) electrons. The van der Waals surface area contributed by atoms with Crippen molar-refractivity contribution in [1.82, 2.24) is 4.98 Å². The molecule has 0 spiro atoms. The maximum absolute atomic E-state index is 13.1. The Morgan fingerprint density at radius 3 is 2.48 bits per heavy atom. The van der Waals surface area contributed by atoms with Crippen LogP contribution in [0.3, 0.4) is 0 Å². The fourth-order valence-corrected chi connectivity index (χ4v) is 3.24. The molecule has 0 N–H and O–H groups in total. The first-order chi connectivity index (χ1) is 13.0. The minimum absolute atomic E-state index is 0.00558. The maximum atomic E-state index is 13.1. The monoisotopic (exact) mass is 383 g/mol. The van der Waals surface area contributed by atoms with Crippen molar-refractivity contribution in [2.24, 2.45) is 0 Å². The van der Waals surface area contributed by atoms with Gasteiger partial charge in [0.1, 0.15) is 5.82 Å². The largest absolute Gasteiger partial charge is 0.280 e. The first kappa shape index (κ1) is 18.4. The molecule has 0 unspecified atom stereocenters. The minimum Gasteiger partial charge on any atom is -0.280 e. The lowest BCUT2D eigenvalue weighted by Gasteiger charge is -2.18. The molecule has 2 aromatic carbocycles. The number of anilines is 1. The molecule has 1 amide bonds. The Kier molecular flexibility index (Phi) is 5.37. The predicted octanol–water partition coefficient (Wildman–Crippen LogP) is 4.69. The Morgan fingerprint density at radius 1 is 1.22 bits per heavy atom. The van der Waals surface area contributed by atoms with Crippen LogP contribution < -0.4 is 4.90 Å². The number of nitro benzene ring substituents is 1. The van der Waals surface area contributed by atoms with E-state index in [1.165, 1.54) is 52.6 Å². The third-order valence-electron chi connectivity index (χ3n) is 3.74. The number of thiazole rings is 1. The van der Waals surface area contributed by atoms with Gasteiger partial charge >= 0.3 is 0 Å². The number of hydrogen-bond donors (Lipinski definition) is 0. The minimum atomic E-state index is -0.469. The Bertz CT molecular complexity index is 984. The van der Waals surface area contributed by atoms with Crippen LogP contribution in [0.15, 0.2) is 66.6 Å². The highest BCUT2D eigenvalue weighted by Gasteiger charge is 2.20. The number of aromatic nitrogens is 1. The zero-order valence-corrected chi connectivity index (χ0v) is 14.9. The van der Waals surface area contributed by atoms with E-state index >= 15 is 0 Å². The van der Waals surface area contributed by atoms with Crippen LogP contribution in [0.2, 0.25) is 0 Å². The molecule has 0 fully saturated rings. The molecule has 0 aliphatic rings. The highest BCUT2D eigenvalue weighted by atomic mass is 32.1. The second kappa shape index (κ2) is 7.88. The van der Waals surface area contributed by atoms with Crippen molar-refractivity contribution >= 4 is 28.1 Å². The van der Waals surface area contributed by atoms with Crippen molar-refractivity contribution in [2.75, 3.05) is 11.4 Å². The van der Waals surface area contributed by atoms with E-state index in [4.69, 9.17) is 0 Å². The number of carbonyl (C=O) groups is 1. The molecule has 0 atom stereocenters. The molecule has 6 nitrogen and oxygen atoms in total. The molecular weight excluding hydrogens is 369 g/mol. The summed E-state index contributed by atoms with van der Waals surface area (Å²) < 4.78 is 13.1. The first-order valence-electron chi connectivity index (χ1n) is 7.88. The number of nitro groups is 1. The number of rotatable bonds is 6. The van der Waals surface area contributed by atoms with Crippen molar-refractivity contribution in [3.8, 4) is 11.3 Å². The molecule has 136 valence electrons. The molecular formula is C19H14FN3O3S. The van der Waals surface area contributed by atoms with Crippen LogP contribution in [0.1, 0.15) is 10.4 Å². The molecule has 1 aromatic heterocycles. The third-order valence-corrected chi connectivity index (χ3v) is 4.61. The van der Waals surface area contributed by atoms with E-state index < -0.39 is 10.7 Å². The van der Waals surface area contributed by atoms with E-state index in [1.54, 1.807) is 23.6 Å². The van der Waals surface area contributed by atoms with Crippen LogP contribution in [0, 0.1) is 15.9 Å². The normalized spacial score (nSPS) is 10.4. The number of carbonyl (C=O) groups excluding carboxylic acids is 1. The number of hydrogen-bond acceptors (Lipinski definition) is 5. The van der Waals surface area contributed by atoms with Crippen molar-refractivity contribution in [2.45, 2.75) is 0 Å². The van der Waals surface area contributed by atoms with Crippen molar-refractivity contribution in [3.05, 3.63) is 88.1 Å². The lowest BCUT2D eigenvalue weighted by molar-refractivity contribution is -0.384. The Labute approximate surface area is 158 Å².